The first-order valence-electron chi connectivity index (χ1n) is 9.07. The van der Waals surface area contributed by atoms with Crippen molar-refractivity contribution in [2.75, 3.05) is 11.1 Å². The number of nitrogens with one attached hydrogen (secondary N) is 1. The fourth-order valence-corrected chi connectivity index (χ4v) is 3.77. The lowest BCUT2D eigenvalue weighted by Crippen LogP contribution is -2.25. The van der Waals surface area contributed by atoms with E-state index in [0.717, 1.165) is 12.0 Å². The predicted molar refractivity (Wildman–Crippen MR) is 118 cm³/mol. The van der Waals surface area contributed by atoms with Gasteiger partial charge < -0.3 is 15.6 Å². The molecule has 3 rings (SSSR count). The van der Waals surface area contributed by atoms with Gasteiger partial charge in [-0.3, -0.25) is 9.59 Å². The molecule has 0 fully saturated rings. The van der Waals surface area contributed by atoms with E-state index in [0.29, 0.717) is 28.2 Å². The third-order valence-electron chi connectivity index (χ3n) is 4.25. The number of halogens is 1. The lowest BCUT2D eigenvalue weighted by atomic mass is 10.1. The Kier molecular flexibility index (Phi) is 6.95. The molecular formula is C21H21ClN4O2S. The summed E-state index contributed by atoms with van der Waals surface area (Å²) in [5.74, 6) is 0.123. The van der Waals surface area contributed by atoms with Crippen LogP contribution < -0.4 is 16.6 Å². The second-order valence-electron chi connectivity index (χ2n) is 6.45. The predicted octanol–water partition coefficient (Wildman–Crippen LogP) is 3.84. The number of carbonyl (C=O) groups excluding carboxylic acids is 1. The molecule has 0 radical (unpaired) electrons. The molecule has 0 saturated carbocycles. The largest absolute Gasteiger partial charge is 0.385 e. The van der Waals surface area contributed by atoms with Crippen molar-refractivity contribution < 1.29 is 4.79 Å². The number of aromatic nitrogens is 2. The van der Waals surface area contributed by atoms with E-state index >= 15 is 0 Å². The zero-order chi connectivity index (χ0) is 20.8. The number of carbonyl (C=O) groups is 1. The topological polar surface area (TPSA) is 90.0 Å². The van der Waals surface area contributed by atoms with E-state index in [-0.39, 0.29) is 5.91 Å². The minimum atomic E-state index is -0.484. The van der Waals surface area contributed by atoms with Crippen LogP contribution in [-0.2, 0) is 17.8 Å². The number of rotatable bonds is 7. The molecule has 3 aromatic rings. The van der Waals surface area contributed by atoms with Gasteiger partial charge in [0.2, 0.25) is 5.91 Å². The Hall–Kier alpha value is -2.77. The standard InChI is InChI=1S/C21H21ClN4O2S/c1-14(20(28)24-17-9-7-16(22)8-10-17)29-21-25-19(27)13-18(23)26(21)12-11-15-5-3-2-4-6-15/h2-10,13-14H,11-12,23H2,1H3,(H,24,28)/t14-/m1/s1. The lowest BCUT2D eigenvalue weighted by Gasteiger charge is -2.17. The first-order valence-corrected chi connectivity index (χ1v) is 10.3. The first kappa shape index (κ1) is 21.0. The van der Waals surface area contributed by atoms with Gasteiger partial charge in [0.1, 0.15) is 5.82 Å². The molecule has 0 bridgehead atoms. The fourth-order valence-electron chi connectivity index (χ4n) is 2.69. The minimum Gasteiger partial charge on any atom is -0.385 e. The van der Waals surface area contributed by atoms with Gasteiger partial charge in [0, 0.05) is 23.3 Å². The molecular weight excluding hydrogens is 408 g/mol. The smallest absolute Gasteiger partial charge is 0.275 e. The van der Waals surface area contributed by atoms with Gasteiger partial charge in [-0.25, -0.2) is 0 Å². The second-order valence-corrected chi connectivity index (χ2v) is 8.19. The summed E-state index contributed by atoms with van der Waals surface area (Å²) in [5.41, 5.74) is 7.44. The quantitative estimate of drug-likeness (QED) is 0.440. The summed E-state index contributed by atoms with van der Waals surface area (Å²) in [6.45, 7) is 2.31. The highest BCUT2D eigenvalue weighted by Gasteiger charge is 2.19. The molecule has 0 aliphatic heterocycles. The number of amides is 1. The molecule has 0 saturated heterocycles. The van der Waals surface area contributed by atoms with Crippen LogP contribution >= 0.6 is 23.4 Å². The number of nitrogens with two attached hydrogens (primary N) is 1. The third-order valence-corrected chi connectivity index (χ3v) is 5.59. The Morgan fingerprint density at radius 1 is 1.21 bits per heavy atom. The van der Waals surface area contributed by atoms with Crippen LogP contribution in [0.25, 0.3) is 0 Å². The van der Waals surface area contributed by atoms with Crippen molar-refractivity contribution in [2.45, 2.75) is 30.3 Å². The summed E-state index contributed by atoms with van der Waals surface area (Å²) in [6.07, 6.45) is 0.731. The van der Waals surface area contributed by atoms with Crippen LogP contribution in [0.1, 0.15) is 12.5 Å². The highest BCUT2D eigenvalue weighted by Crippen LogP contribution is 2.24. The van der Waals surface area contributed by atoms with Crippen molar-refractivity contribution >= 4 is 40.8 Å². The van der Waals surface area contributed by atoms with E-state index in [1.807, 2.05) is 30.3 Å². The number of hydrogen-bond acceptors (Lipinski definition) is 5. The highest BCUT2D eigenvalue weighted by molar-refractivity contribution is 8.00. The molecule has 150 valence electrons. The second kappa shape index (κ2) is 9.62. The molecule has 0 aliphatic carbocycles. The molecule has 8 heteroatoms. The van der Waals surface area contributed by atoms with Crippen LogP contribution in [0, 0.1) is 0 Å². The van der Waals surface area contributed by atoms with E-state index in [1.54, 1.807) is 35.8 Å². The Labute approximate surface area is 178 Å². The number of anilines is 2. The maximum Gasteiger partial charge on any atom is 0.275 e. The maximum absolute atomic E-state index is 12.6. The van der Waals surface area contributed by atoms with Gasteiger partial charge in [0.15, 0.2) is 5.16 Å². The van der Waals surface area contributed by atoms with Crippen molar-refractivity contribution in [1.29, 1.82) is 0 Å². The molecule has 1 amide bonds. The average Bonchev–Trinajstić information content (AvgIpc) is 2.69. The van der Waals surface area contributed by atoms with Gasteiger partial charge in [-0.1, -0.05) is 53.7 Å². The summed E-state index contributed by atoms with van der Waals surface area (Å²) in [5, 5.41) is 3.36. The van der Waals surface area contributed by atoms with Gasteiger partial charge >= 0.3 is 0 Å². The third kappa shape index (κ3) is 5.85. The van der Waals surface area contributed by atoms with Gasteiger partial charge in [0.25, 0.3) is 5.56 Å². The zero-order valence-corrected chi connectivity index (χ0v) is 17.4. The monoisotopic (exact) mass is 428 g/mol. The number of thioether (sulfide) groups is 1. The van der Waals surface area contributed by atoms with E-state index in [2.05, 4.69) is 10.3 Å². The van der Waals surface area contributed by atoms with E-state index < -0.39 is 10.8 Å². The molecule has 1 heterocycles. The molecule has 29 heavy (non-hydrogen) atoms. The molecule has 2 aromatic carbocycles. The van der Waals surface area contributed by atoms with Gasteiger partial charge in [0.05, 0.1) is 5.25 Å². The summed E-state index contributed by atoms with van der Waals surface area (Å²) in [7, 11) is 0. The first-order chi connectivity index (χ1) is 13.9. The fraction of sp³-hybridized carbons (Fsp3) is 0.190. The van der Waals surface area contributed by atoms with E-state index in [4.69, 9.17) is 17.3 Å². The van der Waals surface area contributed by atoms with E-state index in [9.17, 15) is 9.59 Å². The summed E-state index contributed by atoms with van der Waals surface area (Å²) >= 11 is 7.07. The van der Waals surface area contributed by atoms with Crippen LogP contribution in [0.2, 0.25) is 5.02 Å². The Morgan fingerprint density at radius 2 is 1.90 bits per heavy atom. The van der Waals surface area contributed by atoms with Crippen molar-refractivity contribution in [3.8, 4) is 0 Å². The van der Waals surface area contributed by atoms with Crippen LogP contribution in [0.4, 0.5) is 11.5 Å². The van der Waals surface area contributed by atoms with Crippen LogP contribution in [0.3, 0.4) is 0 Å². The van der Waals surface area contributed by atoms with Gasteiger partial charge in [-0.15, -0.1) is 0 Å². The number of nitrogens with zero attached hydrogens (tertiary/aromatic N) is 2. The molecule has 0 aliphatic rings. The molecule has 1 aromatic heterocycles. The normalized spacial score (nSPS) is 11.8. The van der Waals surface area contributed by atoms with Crippen LogP contribution in [0.5, 0.6) is 0 Å². The summed E-state index contributed by atoms with van der Waals surface area (Å²) in [6, 6.07) is 18.1. The van der Waals surface area contributed by atoms with Crippen molar-refractivity contribution in [3.63, 3.8) is 0 Å². The van der Waals surface area contributed by atoms with Crippen LogP contribution in [-0.4, -0.2) is 20.7 Å². The average molecular weight is 429 g/mol. The van der Waals surface area contributed by atoms with Crippen molar-refractivity contribution in [1.82, 2.24) is 9.55 Å². The van der Waals surface area contributed by atoms with Gasteiger partial charge in [-0.05, 0) is 43.2 Å². The lowest BCUT2D eigenvalue weighted by molar-refractivity contribution is -0.115. The maximum atomic E-state index is 12.6. The molecule has 1 atom stereocenters. The number of hydrogen-bond donors (Lipinski definition) is 2. The van der Waals surface area contributed by atoms with Crippen LogP contribution in [0.15, 0.2) is 70.6 Å². The Balaban J connectivity index is 1.73. The van der Waals surface area contributed by atoms with Gasteiger partial charge in [-0.2, -0.15) is 4.98 Å². The van der Waals surface area contributed by atoms with Crippen molar-refractivity contribution in [3.05, 3.63) is 81.6 Å². The molecule has 6 nitrogen and oxygen atoms in total. The van der Waals surface area contributed by atoms with E-state index in [1.165, 1.54) is 17.8 Å². The number of benzene rings is 2. The Bertz CT molecular complexity index is 1040. The zero-order valence-electron chi connectivity index (χ0n) is 15.8. The molecule has 3 N–H and O–H groups in total. The number of nitrogen functional groups attached to an aromatic ring is 1. The number of aryl methyl sites for hydroxylation is 1. The SMILES string of the molecule is C[C@@H](Sc1nc(=O)cc(N)n1CCc1ccccc1)C(=O)Nc1ccc(Cl)cc1. The summed E-state index contributed by atoms with van der Waals surface area (Å²) < 4.78 is 1.77. The summed E-state index contributed by atoms with van der Waals surface area (Å²) in [4.78, 5) is 28.5. The van der Waals surface area contributed by atoms with Crippen molar-refractivity contribution in [2.24, 2.45) is 0 Å². The molecule has 0 spiro atoms. The molecule has 0 unspecified atom stereocenters. The Morgan fingerprint density at radius 3 is 2.59 bits per heavy atom. The minimum absolute atomic E-state index is 0.205. The highest BCUT2D eigenvalue weighted by atomic mass is 35.5.